The van der Waals surface area contributed by atoms with Crippen LogP contribution in [0.3, 0.4) is 0 Å². The van der Waals surface area contributed by atoms with E-state index < -0.39 is 0 Å². The molecule has 3 aromatic heterocycles. The van der Waals surface area contributed by atoms with Crippen molar-refractivity contribution in [3.05, 3.63) is 53.4 Å². The summed E-state index contributed by atoms with van der Waals surface area (Å²) < 4.78 is 11.2. The number of hydrogen-bond donors (Lipinski definition) is 1. The minimum atomic E-state index is -0.248. The number of benzene rings is 1. The Bertz CT molecular complexity index is 1250. The number of anilines is 1. The number of nitrogens with zero attached hydrogens (tertiary/aromatic N) is 3. The van der Waals surface area contributed by atoms with E-state index in [1.807, 2.05) is 40.6 Å². The molecule has 0 radical (unpaired) electrons. The van der Waals surface area contributed by atoms with Crippen molar-refractivity contribution in [2.45, 2.75) is 38.5 Å². The Balaban J connectivity index is 1.32. The fourth-order valence-electron chi connectivity index (χ4n) is 4.02. The van der Waals surface area contributed by atoms with Crippen LogP contribution in [0.1, 0.15) is 48.5 Å². The summed E-state index contributed by atoms with van der Waals surface area (Å²) in [7, 11) is 0. The lowest BCUT2D eigenvalue weighted by Crippen LogP contribution is -2.32. The monoisotopic (exact) mass is 464 g/mol. The Kier molecular flexibility index (Phi) is 6.21. The molecule has 4 aromatic rings. The number of aryl methyl sites for hydroxylation is 1. The maximum absolute atomic E-state index is 13.3. The molecule has 0 atom stereocenters. The number of aromatic nitrogens is 2. The lowest BCUT2D eigenvalue weighted by Gasteiger charge is -2.19. The van der Waals surface area contributed by atoms with Gasteiger partial charge in [0.15, 0.2) is 0 Å². The van der Waals surface area contributed by atoms with E-state index in [0.717, 1.165) is 30.6 Å². The van der Waals surface area contributed by atoms with E-state index in [9.17, 15) is 9.59 Å². The summed E-state index contributed by atoms with van der Waals surface area (Å²) in [4.78, 5) is 33.2. The van der Waals surface area contributed by atoms with Gasteiger partial charge in [0.05, 0.1) is 4.88 Å². The number of carbonyl (C=O) groups is 2. The molecular weight excluding hydrogens is 440 g/mol. The van der Waals surface area contributed by atoms with Gasteiger partial charge in [0.2, 0.25) is 23.4 Å². The van der Waals surface area contributed by atoms with Crippen molar-refractivity contribution in [2.24, 2.45) is 0 Å². The molecule has 1 aromatic carbocycles. The van der Waals surface area contributed by atoms with Crippen molar-refractivity contribution in [1.29, 1.82) is 0 Å². The van der Waals surface area contributed by atoms with Gasteiger partial charge in [-0.3, -0.25) is 9.59 Å². The molecule has 0 saturated carbocycles. The molecule has 33 heavy (non-hydrogen) atoms. The van der Waals surface area contributed by atoms with Crippen molar-refractivity contribution in [3.8, 4) is 10.7 Å². The average molecular weight is 465 g/mol. The fraction of sp³-hybridized carbons (Fsp3) is 0.333. The number of furan rings is 1. The van der Waals surface area contributed by atoms with Crippen molar-refractivity contribution >= 4 is 39.8 Å². The zero-order valence-electron chi connectivity index (χ0n) is 18.1. The molecule has 1 aliphatic rings. The number of amides is 2. The predicted molar refractivity (Wildman–Crippen MR) is 125 cm³/mol. The normalized spacial score (nSPS) is 14.4. The Labute approximate surface area is 194 Å². The molecule has 1 N–H and O–H groups in total. The van der Waals surface area contributed by atoms with E-state index in [1.54, 1.807) is 6.07 Å². The number of nitrogens with one attached hydrogen (secondary N) is 1. The fourth-order valence-corrected chi connectivity index (χ4v) is 4.67. The third-order valence-electron chi connectivity index (χ3n) is 5.72. The van der Waals surface area contributed by atoms with Crippen LogP contribution in [-0.4, -0.2) is 39.9 Å². The van der Waals surface area contributed by atoms with Gasteiger partial charge < -0.3 is 19.2 Å². The van der Waals surface area contributed by atoms with Crippen molar-refractivity contribution < 1.29 is 18.5 Å². The van der Waals surface area contributed by atoms with Crippen LogP contribution in [0.2, 0.25) is 0 Å². The molecule has 9 heteroatoms. The van der Waals surface area contributed by atoms with E-state index in [2.05, 4.69) is 15.5 Å². The van der Waals surface area contributed by atoms with Crippen LogP contribution in [0.5, 0.6) is 0 Å². The first-order chi connectivity index (χ1) is 16.2. The summed E-state index contributed by atoms with van der Waals surface area (Å²) in [5, 5.41) is 9.54. The Morgan fingerprint density at radius 3 is 2.67 bits per heavy atom. The minimum absolute atomic E-state index is 0.142. The summed E-state index contributed by atoms with van der Waals surface area (Å²) >= 11 is 1.52. The number of rotatable bonds is 6. The van der Waals surface area contributed by atoms with Gasteiger partial charge in [0, 0.05) is 31.3 Å². The van der Waals surface area contributed by atoms with Gasteiger partial charge >= 0.3 is 0 Å². The van der Waals surface area contributed by atoms with Crippen LogP contribution in [-0.2, 0) is 11.2 Å². The van der Waals surface area contributed by atoms with Gasteiger partial charge in [-0.2, -0.15) is 4.98 Å². The average Bonchev–Trinajstić information content (AvgIpc) is 3.54. The highest BCUT2D eigenvalue weighted by molar-refractivity contribution is 7.13. The van der Waals surface area contributed by atoms with Gasteiger partial charge in [-0.05, 0) is 36.4 Å². The van der Waals surface area contributed by atoms with Crippen molar-refractivity contribution in [3.63, 3.8) is 0 Å². The lowest BCUT2D eigenvalue weighted by atomic mass is 10.2. The minimum Gasteiger partial charge on any atom is -0.449 e. The highest BCUT2D eigenvalue weighted by Gasteiger charge is 2.27. The topological polar surface area (TPSA) is 101 Å². The number of likely N-dealkylation sites (tertiary alicyclic amines) is 1. The summed E-state index contributed by atoms with van der Waals surface area (Å²) in [5.41, 5.74) is 0.998. The number of thiophene rings is 1. The summed E-state index contributed by atoms with van der Waals surface area (Å²) in [6, 6.07) is 11.2. The predicted octanol–water partition coefficient (Wildman–Crippen LogP) is 5.13. The maximum Gasteiger partial charge on any atom is 0.291 e. The largest absolute Gasteiger partial charge is 0.449 e. The Morgan fingerprint density at radius 2 is 1.88 bits per heavy atom. The first-order valence-corrected chi connectivity index (χ1v) is 12.0. The first-order valence-electron chi connectivity index (χ1n) is 11.2. The zero-order chi connectivity index (χ0) is 22.6. The molecule has 0 spiro atoms. The van der Waals surface area contributed by atoms with E-state index >= 15 is 0 Å². The summed E-state index contributed by atoms with van der Waals surface area (Å²) in [6.45, 7) is 1.40. The van der Waals surface area contributed by atoms with Crippen molar-refractivity contribution in [1.82, 2.24) is 15.0 Å². The van der Waals surface area contributed by atoms with E-state index in [-0.39, 0.29) is 24.0 Å². The second-order valence-electron chi connectivity index (χ2n) is 8.05. The molecule has 1 aliphatic heterocycles. The van der Waals surface area contributed by atoms with Gasteiger partial charge in [-0.15, -0.1) is 11.3 Å². The quantitative estimate of drug-likeness (QED) is 0.424. The second-order valence-corrected chi connectivity index (χ2v) is 8.99. The van der Waals surface area contributed by atoms with Crippen molar-refractivity contribution in [2.75, 3.05) is 18.4 Å². The molecule has 1 fully saturated rings. The summed E-state index contributed by atoms with van der Waals surface area (Å²) in [5.74, 6) is 0.672. The van der Waals surface area contributed by atoms with Crippen LogP contribution in [0, 0.1) is 0 Å². The SMILES string of the molecule is O=C(CCc1nc(-c2cccs2)no1)Nc1c(C(=O)N2CCCCCC2)oc2ccccc12. The third-order valence-corrected chi connectivity index (χ3v) is 6.59. The van der Waals surface area contributed by atoms with Crippen LogP contribution < -0.4 is 5.32 Å². The van der Waals surface area contributed by atoms with Crippen LogP contribution in [0.25, 0.3) is 21.7 Å². The van der Waals surface area contributed by atoms with Gasteiger partial charge in [-0.1, -0.05) is 36.2 Å². The molecule has 0 bridgehead atoms. The number of hydrogen-bond acceptors (Lipinski definition) is 7. The van der Waals surface area contributed by atoms with E-state index in [4.69, 9.17) is 8.94 Å². The number of fused-ring (bicyclic) bond motifs is 1. The summed E-state index contributed by atoms with van der Waals surface area (Å²) in [6.07, 6.45) is 4.64. The molecule has 4 heterocycles. The molecule has 8 nitrogen and oxygen atoms in total. The first kappa shape index (κ1) is 21.4. The Hall–Kier alpha value is -3.46. The molecule has 0 unspecified atom stereocenters. The molecule has 0 aliphatic carbocycles. The Morgan fingerprint density at radius 1 is 1.06 bits per heavy atom. The maximum atomic E-state index is 13.3. The second kappa shape index (κ2) is 9.58. The molecule has 1 saturated heterocycles. The highest BCUT2D eigenvalue weighted by atomic mass is 32.1. The van der Waals surface area contributed by atoms with Gasteiger partial charge in [0.25, 0.3) is 5.91 Å². The number of para-hydroxylation sites is 1. The lowest BCUT2D eigenvalue weighted by molar-refractivity contribution is -0.116. The standard InChI is InChI=1S/C24H24N4O4S/c29-19(11-12-20-26-23(27-32-20)18-10-7-15-33-18)25-21-16-8-3-4-9-17(16)31-22(21)24(30)28-13-5-1-2-6-14-28/h3-4,7-10,15H,1-2,5-6,11-14H2,(H,25,29). The van der Waals surface area contributed by atoms with Gasteiger partial charge in [0.1, 0.15) is 11.3 Å². The highest BCUT2D eigenvalue weighted by Crippen LogP contribution is 2.32. The van der Waals surface area contributed by atoms with Gasteiger partial charge in [-0.25, -0.2) is 0 Å². The molecule has 170 valence electrons. The molecule has 2 amide bonds. The number of carbonyl (C=O) groups excluding carboxylic acids is 2. The van der Waals surface area contributed by atoms with E-state index in [1.165, 1.54) is 11.3 Å². The molecular formula is C24H24N4O4S. The zero-order valence-corrected chi connectivity index (χ0v) is 18.9. The van der Waals surface area contributed by atoms with Crippen LogP contribution in [0.4, 0.5) is 5.69 Å². The third kappa shape index (κ3) is 4.68. The molecule has 5 rings (SSSR count). The van der Waals surface area contributed by atoms with Crippen LogP contribution >= 0.6 is 11.3 Å². The smallest absolute Gasteiger partial charge is 0.291 e. The van der Waals surface area contributed by atoms with E-state index in [0.29, 0.717) is 47.9 Å². The van der Waals surface area contributed by atoms with Crippen LogP contribution in [0.15, 0.2) is 50.7 Å².